The largest absolute Gasteiger partial charge is 0.490 e. The van der Waals surface area contributed by atoms with Gasteiger partial charge in [0, 0.05) is 22.9 Å². The summed E-state index contributed by atoms with van der Waals surface area (Å²) >= 11 is 0. The van der Waals surface area contributed by atoms with Crippen LogP contribution in [0.2, 0.25) is 0 Å². The summed E-state index contributed by atoms with van der Waals surface area (Å²) in [6, 6.07) is 7.62. The van der Waals surface area contributed by atoms with Gasteiger partial charge < -0.3 is 24.2 Å². The van der Waals surface area contributed by atoms with Crippen molar-refractivity contribution in [3.63, 3.8) is 0 Å². The lowest BCUT2D eigenvalue weighted by Crippen LogP contribution is -2.22. The average molecular weight is 442 g/mol. The lowest BCUT2D eigenvalue weighted by Gasteiger charge is -2.16. The highest BCUT2D eigenvalue weighted by Gasteiger charge is 2.17. The topological polar surface area (TPSA) is 111 Å². The van der Waals surface area contributed by atoms with Gasteiger partial charge >= 0.3 is 0 Å². The summed E-state index contributed by atoms with van der Waals surface area (Å²) in [5, 5.41) is 22.8. The maximum atomic E-state index is 9.60. The van der Waals surface area contributed by atoms with Crippen molar-refractivity contribution in [2.45, 2.75) is 46.6 Å². The van der Waals surface area contributed by atoms with Crippen LogP contribution in [-0.2, 0) is 12.8 Å². The fourth-order valence-electron chi connectivity index (χ4n) is 3.45. The lowest BCUT2D eigenvalue weighted by atomic mass is 10.0. The van der Waals surface area contributed by atoms with Crippen molar-refractivity contribution in [1.82, 2.24) is 15.1 Å². The molecule has 3 rings (SSSR count). The molecule has 0 saturated heterocycles. The highest BCUT2D eigenvalue weighted by Crippen LogP contribution is 2.32. The third kappa shape index (κ3) is 5.63. The maximum absolute atomic E-state index is 9.60. The predicted octanol–water partition coefficient (Wildman–Crippen LogP) is 3.61. The number of rotatable bonds is 10. The normalized spacial score (nSPS) is 12.2. The van der Waals surface area contributed by atoms with Crippen molar-refractivity contribution in [1.29, 1.82) is 0 Å². The van der Waals surface area contributed by atoms with Gasteiger partial charge in [-0.1, -0.05) is 25.9 Å². The van der Waals surface area contributed by atoms with Gasteiger partial charge in [0.1, 0.15) is 18.5 Å². The molecule has 0 aliphatic rings. The Kier molecular flexibility index (Phi) is 7.82. The molecule has 2 aromatic heterocycles. The second-order valence-corrected chi connectivity index (χ2v) is 8.19. The summed E-state index contributed by atoms with van der Waals surface area (Å²) in [4.78, 5) is 9.11. The number of nitrogens with zero attached hydrogens (tertiary/aromatic N) is 3. The van der Waals surface area contributed by atoms with E-state index in [1.165, 1.54) is 0 Å². The second kappa shape index (κ2) is 10.6. The molecule has 172 valence electrons. The van der Waals surface area contributed by atoms with E-state index < -0.39 is 6.10 Å². The molecule has 0 aliphatic carbocycles. The zero-order valence-electron chi connectivity index (χ0n) is 19.3. The number of aliphatic hydroxyl groups is 2. The summed E-state index contributed by atoms with van der Waals surface area (Å²) in [5.41, 5.74) is 4.33. The van der Waals surface area contributed by atoms with Crippen molar-refractivity contribution in [2.75, 3.05) is 20.3 Å². The molecule has 0 bridgehead atoms. The molecular weight excluding hydrogens is 410 g/mol. The minimum absolute atomic E-state index is 0.0264. The van der Waals surface area contributed by atoms with Gasteiger partial charge in [-0.3, -0.25) is 0 Å². The van der Waals surface area contributed by atoms with E-state index in [1.54, 1.807) is 13.2 Å². The first kappa shape index (κ1) is 23.7. The van der Waals surface area contributed by atoms with Gasteiger partial charge in [0.05, 0.1) is 13.7 Å². The number of methoxy groups -OCH3 is 1. The Morgan fingerprint density at radius 1 is 1.09 bits per heavy atom. The Balaban J connectivity index is 1.92. The predicted molar refractivity (Wildman–Crippen MR) is 121 cm³/mol. The summed E-state index contributed by atoms with van der Waals surface area (Å²) in [5.74, 6) is 2.53. The van der Waals surface area contributed by atoms with Gasteiger partial charge in [-0.25, -0.2) is 4.98 Å². The van der Waals surface area contributed by atoms with Crippen molar-refractivity contribution >= 4 is 0 Å². The van der Waals surface area contributed by atoms with E-state index in [-0.39, 0.29) is 13.2 Å². The zero-order chi connectivity index (χ0) is 23.3. The standard InChI is InChI=1S/C24H31N3O5/c1-6-16-9-17(8-15(4)22(16)31-13-20(29)12-28)23-26-24(32-27-23)18-10-19(7-14(2)3)25-21(11-18)30-5/h8-11,14,20,28-29H,6-7,12-13H2,1-5H3/t20-/m0/s1. The number of aromatic nitrogens is 3. The number of ether oxygens (including phenoxy) is 2. The minimum Gasteiger partial charge on any atom is -0.490 e. The molecule has 2 N–H and O–H groups in total. The van der Waals surface area contributed by atoms with Crippen LogP contribution < -0.4 is 9.47 Å². The van der Waals surface area contributed by atoms with Crippen LogP contribution >= 0.6 is 0 Å². The fraction of sp³-hybridized carbons (Fsp3) is 0.458. The molecule has 2 heterocycles. The smallest absolute Gasteiger partial charge is 0.258 e. The molecule has 8 nitrogen and oxygen atoms in total. The van der Waals surface area contributed by atoms with Crippen LogP contribution in [0.3, 0.4) is 0 Å². The van der Waals surface area contributed by atoms with Gasteiger partial charge in [-0.15, -0.1) is 0 Å². The monoisotopic (exact) mass is 441 g/mol. The van der Waals surface area contributed by atoms with Gasteiger partial charge in [-0.05, 0) is 55.0 Å². The van der Waals surface area contributed by atoms with Crippen molar-refractivity contribution in [3.8, 4) is 34.5 Å². The molecule has 0 unspecified atom stereocenters. The first-order chi connectivity index (χ1) is 15.3. The molecule has 3 aromatic rings. The molecule has 8 heteroatoms. The quantitative estimate of drug-likeness (QED) is 0.491. The van der Waals surface area contributed by atoms with Crippen molar-refractivity contribution in [3.05, 3.63) is 41.1 Å². The Labute approximate surface area is 188 Å². The van der Waals surface area contributed by atoms with Crippen LogP contribution in [0.5, 0.6) is 11.6 Å². The molecule has 0 radical (unpaired) electrons. The SMILES string of the molecule is CCc1cc(-c2noc(-c3cc(CC(C)C)nc(OC)c3)n2)cc(C)c1OC[C@@H](O)CO. The van der Waals surface area contributed by atoms with Gasteiger partial charge in [0.2, 0.25) is 11.7 Å². The van der Waals surface area contributed by atoms with E-state index in [0.29, 0.717) is 29.3 Å². The first-order valence-electron chi connectivity index (χ1n) is 10.8. The average Bonchev–Trinajstić information content (AvgIpc) is 3.27. The van der Waals surface area contributed by atoms with Crippen LogP contribution in [0.4, 0.5) is 0 Å². The van der Waals surface area contributed by atoms with Gasteiger partial charge in [0.25, 0.3) is 5.89 Å². The molecule has 0 spiro atoms. The number of hydrogen-bond acceptors (Lipinski definition) is 8. The molecular formula is C24H31N3O5. The van der Waals surface area contributed by atoms with E-state index in [4.69, 9.17) is 19.1 Å². The summed E-state index contributed by atoms with van der Waals surface area (Å²) < 4.78 is 16.7. The molecule has 1 atom stereocenters. The number of benzene rings is 1. The molecule has 0 amide bonds. The summed E-state index contributed by atoms with van der Waals surface area (Å²) in [6.07, 6.45) is 0.622. The molecule has 0 saturated carbocycles. The third-order valence-corrected chi connectivity index (χ3v) is 4.98. The van der Waals surface area contributed by atoms with Gasteiger partial charge in [0.15, 0.2) is 0 Å². The highest BCUT2D eigenvalue weighted by atomic mass is 16.5. The molecule has 0 aliphatic heterocycles. The van der Waals surface area contributed by atoms with Crippen molar-refractivity contribution in [2.24, 2.45) is 5.92 Å². The Morgan fingerprint density at radius 3 is 2.53 bits per heavy atom. The number of aliphatic hydroxyl groups excluding tert-OH is 2. The van der Waals surface area contributed by atoms with E-state index in [1.807, 2.05) is 32.0 Å². The first-order valence-corrected chi connectivity index (χ1v) is 10.8. The van der Waals surface area contributed by atoms with Gasteiger partial charge in [-0.2, -0.15) is 4.98 Å². The molecule has 32 heavy (non-hydrogen) atoms. The summed E-state index contributed by atoms with van der Waals surface area (Å²) in [7, 11) is 1.59. The highest BCUT2D eigenvalue weighted by molar-refractivity contribution is 5.64. The fourth-order valence-corrected chi connectivity index (χ4v) is 3.45. The number of pyridine rings is 1. The van der Waals surface area contributed by atoms with E-state index >= 15 is 0 Å². The molecule has 1 aromatic carbocycles. The number of hydrogen-bond donors (Lipinski definition) is 2. The zero-order valence-corrected chi connectivity index (χ0v) is 19.3. The number of aryl methyl sites for hydroxylation is 2. The maximum Gasteiger partial charge on any atom is 0.258 e. The van der Waals surface area contributed by atoms with Crippen LogP contribution in [-0.4, -0.2) is 51.8 Å². The Bertz CT molecular complexity index is 1050. The van der Waals surface area contributed by atoms with Crippen LogP contribution in [0.15, 0.2) is 28.8 Å². The van der Waals surface area contributed by atoms with Crippen LogP contribution in [0, 0.1) is 12.8 Å². The Hall–Kier alpha value is -2.97. The Morgan fingerprint density at radius 2 is 1.88 bits per heavy atom. The van der Waals surface area contributed by atoms with Crippen LogP contribution in [0.25, 0.3) is 22.8 Å². The van der Waals surface area contributed by atoms with E-state index in [2.05, 4.69) is 29.0 Å². The lowest BCUT2D eigenvalue weighted by molar-refractivity contribution is 0.0531. The minimum atomic E-state index is -0.920. The molecule has 0 fully saturated rings. The third-order valence-electron chi connectivity index (χ3n) is 4.98. The van der Waals surface area contributed by atoms with Crippen LogP contribution in [0.1, 0.15) is 37.6 Å². The van der Waals surface area contributed by atoms with E-state index in [9.17, 15) is 5.11 Å². The van der Waals surface area contributed by atoms with E-state index in [0.717, 1.165) is 40.8 Å². The van der Waals surface area contributed by atoms with Crippen molar-refractivity contribution < 1.29 is 24.2 Å². The summed E-state index contributed by atoms with van der Waals surface area (Å²) in [6.45, 7) is 7.90. The second-order valence-electron chi connectivity index (χ2n) is 8.19.